The second-order valence-corrected chi connectivity index (χ2v) is 13.3. The van der Waals surface area contributed by atoms with Crippen molar-refractivity contribution in [2.45, 2.75) is 0 Å². The van der Waals surface area contributed by atoms with E-state index in [9.17, 15) is 0 Å². The average Bonchev–Trinajstić information content (AvgIpc) is 3.61. The fourth-order valence-electron chi connectivity index (χ4n) is 7.75. The van der Waals surface area contributed by atoms with Crippen molar-refractivity contribution in [3.63, 3.8) is 0 Å². The normalized spacial score (nSPS) is 11.5. The monoisotopic (exact) mass is 663 g/mol. The molecule has 0 saturated heterocycles. The maximum absolute atomic E-state index is 6.58. The van der Waals surface area contributed by atoms with Crippen molar-refractivity contribution in [2.75, 3.05) is 4.90 Å². The van der Waals surface area contributed by atoms with Crippen LogP contribution in [0.2, 0.25) is 0 Å². The van der Waals surface area contributed by atoms with Gasteiger partial charge in [-0.05, 0) is 97.9 Å². The van der Waals surface area contributed by atoms with E-state index in [2.05, 4.69) is 199 Å². The Morgan fingerprint density at radius 1 is 0.327 bits per heavy atom. The molecule has 1 aromatic heterocycles. The highest BCUT2D eigenvalue weighted by Crippen LogP contribution is 2.43. The Morgan fingerprint density at radius 2 is 0.923 bits per heavy atom. The maximum atomic E-state index is 6.58. The summed E-state index contributed by atoms with van der Waals surface area (Å²) in [6, 6.07) is 71.6. The van der Waals surface area contributed by atoms with E-state index < -0.39 is 0 Å². The number of benzene rings is 9. The average molecular weight is 664 g/mol. The first-order valence-electron chi connectivity index (χ1n) is 17.8. The predicted molar refractivity (Wildman–Crippen MR) is 220 cm³/mol. The lowest BCUT2D eigenvalue weighted by molar-refractivity contribution is 0.670. The van der Waals surface area contributed by atoms with Crippen LogP contribution in [0.25, 0.3) is 76.9 Å². The molecule has 0 aliphatic rings. The van der Waals surface area contributed by atoms with Gasteiger partial charge in [0.2, 0.25) is 0 Å². The van der Waals surface area contributed by atoms with Crippen LogP contribution < -0.4 is 4.90 Å². The molecular formula is C50H33NO. The molecule has 0 fully saturated rings. The van der Waals surface area contributed by atoms with E-state index in [-0.39, 0.29) is 0 Å². The second-order valence-electron chi connectivity index (χ2n) is 13.3. The second kappa shape index (κ2) is 12.5. The first-order chi connectivity index (χ1) is 25.8. The molecule has 244 valence electrons. The van der Waals surface area contributed by atoms with Crippen molar-refractivity contribution in [1.29, 1.82) is 0 Å². The number of nitrogens with zero attached hydrogens (tertiary/aromatic N) is 1. The molecule has 0 atom stereocenters. The summed E-state index contributed by atoms with van der Waals surface area (Å²) < 4.78 is 6.58. The molecular weight excluding hydrogens is 631 g/mol. The van der Waals surface area contributed by atoms with Gasteiger partial charge in [-0.25, -0.2) is 0 Å². The first-order valence-corrected chi connectivity index (χ1v) is 17.8. The van der Waals surface area contributed by atoms with Gasteiger partial charge >= 0.3 is 0 Å². The van der Waals surface area contributed by atoms with E-state index in [1.807, 2.05) is 6.07 Å². The van der Waals surface area contributed by atoms with Gasteiger partial charge in [-0.15, -0.1) is 0 Å². The zero-order valence-electron chi connectivity index (χ0n) is 28.4. The van der Waals surface area contributed by atoms with Crippen molar-refractivity contribution in [2.24, 2.45) is 0 Å². The molecule has 0 saturated carbocycles. The van der Waals surface area contributed by atoms with Crippen LogP contribution in [0.4, 0.5) is 17.1 Å². The van der Waals surface area contributed by atoms with Crippen molar-refractivity contribution in [1.82, 2.24) is 0 Å². The smallest absolute Gasteiger partial charge is 0.143 e. The molecule has 0 N–H and O–H groups in total. The van der Waals surface area contributed by atoms with E-state index in [0.29, 0.717) is 0 Å². The molecule has 0 aliphatic heterocycles. The van der Waals surface area contributed by atoms with Gasteiger partial charge in [0.15, 0.2) is 0 Å². The Hall–Kier alpha value is -6.90. The predicted octanol–water partition coefficient (Wildman–Crippen LogP) is 14.4. The lowest BCUT2D eigenvalue weighted by Gasteiger charge is -2.27. The van der Waals surface area contributed by atoms with Crippen LogP contribution in [0.3, 0.4) is 0 Å². The summed E-state index contributed by atoms with van der Waals surface area (Å²) in [4.78, 5) is 2.37. The molecule has 10 rings (SSSR count). The van der Waals surface area contributed by atoms with Gasteiger partial charge in [-0.1, -0.05) is 152 Å². The van der Waals surface area contributed by atoms with E-state index in [0.717, 1.165) is 61.3 Å². The fraction of sp³-hybridized carbons (Fsp3) is 0. The van der Waals surface area contributed by atoms with Crippen LogP contribution >= 0.6 is 0 Å². The van der Waals surface area contributed by atoms with Gasteiger partial charge in [0, 0.05) is 33.4 Å². The van der Waals surface area contributed by atoms with Crippen LogP contribution in [-0.2, 0) is 0 Å². The summed E-state index contributed by atoms with van der Waals surface area (Å²) in [5.41, 5.74) is 12.0. The highest BCUT2D eigenvalue weighted by molar-refractivity contribution is 6.16. The molecule has 2 heteroatoms. The molecule has 2 nitrogen and oxygen atoms in total. The Morgan fingerprint density at radius 3 is 1.75 bits per heavy atom. The van der Waals surface area contributed by atoms with E-state index in [4.69, 9.17) is 4.42 Å². The van der Waals surface area contributed by atoms with Crippen LogP contribution in [0.1, 0.15) is 0 Å². The van der Waals surface area contributed by atoms with Crippen LogP contribution in [-0.4, -0.2) is 0 Å². The number of hydrogen-bond acceptors (Lipinski definition) is 2. The topological polar surface area (TPSA) is 16.4 Å². The van der Waals surface area contributed by atoms with Crippen molar-refractivity contribution in [3.05, 3.63) is 200 Å². The Balaban J connectivity index is 1.13. The maximum Gasteiger partial charge on any atom is 0.143 e. The third-order valence-electron chi connectivity index (χ3n) is 10.2. The Kier molecular flexibility index (Phi) is 7.18. The number of hydrogen-bond donors (Lipinski definition) is 0. The molecule has 9 aromatic carbocycles. The van der Waals surface area contributed by atoms with Crippen molar-refractivity contribution < 1.29 is 4.42 Å². The van der Waals surface area contributed by atoms with Crippen LogP contribution in [0, 0.1) is 0 Å². The minimum absolute atomic E-state index is 0.896. The lowest BCUT2D eigenvalue weighted by Crippen LogP contribution is -2.10. The molecule has 0 radical (unpaired) electrons. The molecule has 52 heavy (non-hydrogen) atoms. The molecule has 0 bridgehead atoms. The molecule has 0 spiro atoms. The standard InChI is InChI=1S/C50H33NO/c1-3-12-34(13-4-1)38-17-11-18-41(32-38)51(42-28-29-44-39(33-42)23-22-36-16-7-8-19-43(36)44)40-26-24-37(25-27-40)45-30-31-46(35-14-5-2-6-15-35)50-49(45)47-20-9-10-21-48(47)52-50/h1-33H. The highest BCUT2D eigenvalue weighted by atomic mass is 16.3. The van der Waals surface area contributed by atoms with Gasteiger partial charge in [-0.3, -0.25) is 0 Å². The van der Waals surface area contributed by atoms with Gasteiger partial charge in [0.25, 0.3) is 0 Å². The molecule has 1 heterocycles. The van der Waals surface area contributed by atoms with Crippen LogP contribution in [0.15, 0.2) is 205 Å². The van der Waals surface area contributed by atoms with Crippen molar-refractivity contribution >= 4 is 60.5 Å². The summed E-state index contributed by atoms with van der Waals surface area (Å²) >= 11 is 0. The van der Waals surface area contributed by atoms with Gasteiger partial charge in [-0.2, -0.15) is 0 Å². The summed E-state index contributed by atoms with van der Waals surface area (Å²) in [5, 5.41) is 7.25. The van der Waals surface area contributed by atoms with Gasteiger partial charge in [0.1, 0.15) is 11.2 Å². The van der Waals surface area contributed by atoms with Crippen molar-refractivity contribution in [3.8, 4) is 33.4 Å². The third-order valence-corrected chi connectivity index (χ3v) is 10.2. The molecule has 10 aromatic rings. The SMILES string of the molecule is c1ccc(-c2cccc(N(c3ccc(-c4ccc(-c5ccccc5)c5oc6ccccc6c45)cc3)c3ccc4c(ccc5ccccc54)c3)c2)cc1. The summed E-state index contributed by atoms with van der Waals surface area (Å²) in [7, 11) is 0. The number of anilines is 3. The number of furan rings is 1. The molecule has 0 aliphatic carbocycles. The summed E-state index contributed by atoms with van der Waals surface area (Å²) in [6.45, 7) is 0. The number of fused-ring (bicyclic) bond motifs is 6. The quantitative estimate of drug-likeness (QED) is 0.165. The van der Waals surface area contributed by atoms with Gasteiger partial charge < -0.3 is 9.32 Å². The van der Waals surface area contributed by atoms with Crippen LogP contribution in [0.5, 0.6) is 0 Å². The number of para-hydroxylation sites is 1. The first kappa shape index (κ1) is 30.0. The number of rotatable bonds is 6. The minimum Gasteiger partial charge on any atom is -0.455 e. The minimum atomic E-state index is 0.896. The molecule has 0 unspecified atom stereocenters. The van der Waals surface area contributed by atoms with E-state index in [1.165, 1.54) is 32.7 Å². The zero-order chi connectivity index (χ0) is 34.4. The van der Waals surface area contributed by atoms with Gasteiger partial charge in [0.05, 0.1) is 0 Å². The fourth-order valence-corrected chi connectivity index (χ4v) is 7.75. The highest BCUT2D eigenvalue weighted by Gasteiger charge is 2.19. The Bertz CT molecular complexity index is 2890. The largest absolute Gasteiger partial charge is 0.455 e. The summed E-state index contributed by atoms with van der Waals surface area (Å²) in [5.74, 6) is 0. The molecule has 0 amide bonds. The lowest BCUT2D eigenvalue weighted by atomic mass is 9.94. The zero-order valence-corrected chi connectivity index (χ0v) is 28.4. The Labute approximate surface area is 302 Å². The third kappa shape index (κ3) is 5.12. The summed E-state index contributed by atoms with van der Waals surface area (Å²) in [6.07, 6.45) is 0. The van der Waals surface area contributed by atoms with E-state index in [1.54, 1.807) is 0 Å². The van der Waals surface area contributed by atoms with E-state index >= 15 is 0 Å².